The van der Waals surface area contributed by atoms with Gasteiger partial charge in [-0.3, -0.25) is 4.79 Å². The topological polar surface area (TPSA) is 49.3 Å². The summed E-state index contributed by atoms with van der Waals surface area (Å²) < 4.78 is 0. The molecule has 0 aromatic carbocycles. The van der Waals surface area contributed by atoms with Crippen molar-refractivity contribution in [1.29, 1.82) is 0 Å². The molecule has 0 aliphatic heterocycles. The fraction of sp³-hybridized carbons (Fsp3) is 0.938. The summed E-state index contributed by atoms with van der Waals surface area (Å²) >= 11 is 0. The summed E-state index contributed by atoms with van der Waals surface area (Å²) in [6.07, 6.45) is 10.8. The van der Waals surface area contributed by atoms with E-state index >= 15 is 0 Å². The van der Waals surface area contributed by atoms with E-state index < -0.39 is 5.60 Å². The molecule has 0 aromatic rings. The van der Waals surface area contributed by atoms with Gasteiger partial charge in [-0.15, -0.1) is 0 Å². The molecular formula is C16H29NO2. The van der Waals surface area contributed by atoms with Gasteiger partial charge in [0, 0.05) is 13.0 Å². The van der Waals surface area contributed by atoms with Crippen LogP contribution in [0.2, 0.25) is 0 Å². The minimum Gasteiger partial charge on any atom is -0.388 e. The predicted octanol–water partition coefficient (Wildman–Crippen LogP) is 3.01. The van der Waals surface area contributed by atoms with Crippen molar-refractivity contribution < 1.29 is 9.90 Å². The van der Waals surface area contributed by atoms with E-state index in [0.717, 1.165) is 43.9 Å². The first-order valence-corrected chi connectivity index (χ1v) is 8.06. The maximum atomic E-state index is 11.8. The maximum absolute atomic E-state index is 11.8. The van der Waals surface area contributed by atoms with Crippen LogP contribution in [-0.4, -0.2) is 23.2 Å². The third-order valence-corrected chi connectivity index (χ3v) is 5.07. The van der Waals surface area contributed by atoms with E-state index in [-0.39, 0.29) is 5.91 Å². The van der Waals surface area contributed by atoms with E-state index in [9.17, 15) is 9.90 Å². The van der Waals surface area contributed by atoms with Crippen molar-refractivity contribution in [2.24, 2.45) is 11.8 Å². The van der Waals surface area contributed by atoms with E-state index in [1.54, 1.807) is 0 Å². The van der Waals surface area contributed by atoms with Crippen molar-refractivity contribution in [2.45, 2.75) is 76.7 Å². The molecule has 110 valence electrons. The number of carbonyl (C=O) groups excluding carboxylic acids is 1. The van der Waals surface area contributed by atoms with E-state index in [1.165, 1.54) is 25.7 Å². The van der Waals surface area contributed by atoms with Crippen molar-refractivity contribution in [3.05, 3.63) is 0 Å². The molecule has 1 amide bonds. The second kappa shape index (κ2) is 6.74. The Morgan fingerprint density at radius 2 is 1.84 bits per heavy atom. The third-order valence-electron chi connectivity index (χ3n) is 5.07. The number of aliphatic hydroxyl groups is 1. The smallest absolute Gasteiger partial charge is 0.220 e. The first-order valence-electron chi connectivity index (χ1n) is 8.06. The Morgan fingerprint density at radius 3 is 2.47 bits per heavy atom. The summed E-state index contributed by atoms with van der Waals surface area (Å²) in [6.45, 7) is 2.68. The van der Waals surface area contributed by atoms with E-state index in [4.69, 9.17) is 0 Å². The third kappa shape index (κ3) is 4.79. The maximum Gasteiger partial charge on any atom is 0.220 e. The zero-order valence-electron chi connectivity index (χ0n) is 12.3. The molecule has 0 heterocycles. The number of nitrogens with one attached hydrogen (secondary N) is 1. The van der Waals surface area contributed by atoms with Gasteiger partial charge in [-0.2, -0.15) is 0 Å². The highest BCUT2D eigenvalue weighted by Crippen LogP contribution is 2.31. The minimum atomic E-state index is -0.643. The number of carbonyl (C=O) groups is 1. The Balaban J connectivity index is 1.62. The molecule has 0 radical (unpaired) electrons. The molecule has 0 atom stereocenters. The van der Waals surface area contributed by atoms with Gasteiger partial charge in [0.2, 0.25) is 5.91 Å². The molecule has 2 fully saturated rings. The SMILES string of the molecule is CC1CCC(O)(CNC(=O)CCC2CCCC2)CC1. The van der Waals surface area contributed by atoms with Crippen LogP contribution in [0.3, 0.4) is 0 Å². The molecule has 2 saturated carbocycles. The van der Waals surface area contributed by atoms with E-state index in [2.05, 4.69) is 12.2 Å². The lowest BCUT2D eigenvalue weighted by Crippen LogP contribution is -2.45. The van der Waals surface area contributed by atoms with Gasteiger partial charge in [0.25, 0.3) is 0 Å². The fourth-order valence-corrected chi connectivity index (χ4v) is 3.46. The summed E-state index contributed by atoms with van der Waals surface area (Å²) in [5.41, 5.74) is -0.643. The van der Waals surface area contributed by atoms with Crippen LogP contribution in [-0.2, 0) is 4.79 Å². The van der Waals surface area contributed by atoms with Gasteiger partial charge in [0.1, 0.15) is 0 Å². The lowest BCUT2D eigenvalue weighted by Gasteiger charge is -2.35. The number of amides is 1. The number of rotatable bonds is 5. The van der Waals surface area contributed by atoms with Crippen LogP contribution in [0.5, 0.6) is 0 Å². The Hall–Kier alpha value is -0.570. The van der Waals surface area contributed by atoms with Gasteiger partial charge >= 0.3 is 0 Å². The summed E-state index contributed by atoms with van der Waals surface area (Å²) in [5.74, 6) is 1.61. The molecule has 2 rings (SSSR count). The summed E-state index contributed by atoms with van der Waals surface area (Å²) in [5, 5.41) is 13.3. The van der Waals surface area contributed by atoms with Gasteiger partial charge in [-0.1, -0.05) is 32.6 Å². The van der Waals surface area contributed by atoms with E-state index in [1.807, 2.05) is 0 Å². The second-order valence-electron chi connectivity index (χ2n) is 6.87. The molecule has 19 heavy (non-hydrogen) atoms. The van der Waals surface area contributed by atoms with E-state index in [0.29, 0.717) is 13.0 Å². The fourth-order valence-electron chi connectivity index (χ4n) is 3.46. The lowest BCUT2D eigenvalue weighted by atomic mass is 9.79. The molecule has 0 unspecified atom stereocenters. The van der Waals surface area contributed by atoms with Crippen LogP contribution in [0.25, 0.3) is 0 Å². The van der Waals surface area contributed by atoms with Gasteiger partial charge in [-0.25, -0.2) is 0 Å². The van der Waals surface area contributed by atoms with Gasteiger partial charge in [-0.05, 0) is 43.9 Å². The van der Waals surface area contributed by atoms with Crippen LogP contribution < -0.4 is 5.32 Å². The molecule has 0 spiro atoms. The number of hydrogen-bond acceptors (Lipinski definition) is 2. The van der Waals surface area contributed by atoms with Crippen LogP contribution in [0.15, 0.2) is 0 Å². The van der Waals surface area contributed by atoms with Crippen molar-refractivity contribution >= 4 is 5.91 Å². The summed E-state index contributed by atoms with van der Waals surface area (Å²) in [7, 11) is 0. The molecule has 3 nitrogen and oxygen atoms in total. The van der Waals surface area contributed by atoms with Crippen LogP contribution in [0.4, 0.5) is 0 Å². The monoisotopic (exact) mass is 267 g/mol. The highest BCUT2D eigenvalue weighted by atomic mass is 16.3. The van der Waals surface area contributed by atoms with Crippen LogP contribution in [0.1, 0.15) is 71.1 Å². The van der Waals surface area contributed by atoms with Gasteiger partial charge in [0.15, 0.2) is 0 Å². The average Bonchev–Trinajstić information content (AvgIpc) is 2.91. The number of hydrogen-bond donors (Lipinski definition) is 2. The molecule has 0 saturated heterocycles. The molecule has 3 heteroatoms. The molecular weight excluding hydrogens is 238 g/mol. The minimum absolute atomic E-state index is 0.124. The molecule has 0 aromatic heterocycles. The Kier molecular flexibility index (Phi) is 5.26. The first kappa shape index (κ1) is 14.8. The zero-order valence-corrected chi connectivity index (χ0v) is 12.3. The first-order chi connectivity index (χ1) is 9.07. The largest absolute Gasteiger partial charge is 0.388 e. The quantitative estimate of drug-likeness (QED) is 0.804. The zero-order chi connectivity index (χ0) is 13.7. The normalized spacial score (nSPS) is 32.4. The summed E-state index contributed by atoms with van der Waals surface area (Å²) in [6, 6.07) is 0. The highest BCUT2D eigenvalue weighted by molar-refractivity contribution is 5.75. The summed E-state index contributed by atoms with van der Waals surface area (Å²) in [4.78, 5) is 11.8. The Bertz CT molecular complexity index is 289. The van der Waals surface area contributed by atoms with Crippen molar-refractivity contribution in [2.75, 3.05) is 6.54 Å². The van der Waals surface area contributed by atoms with Crippen molar-refractivity contribution in [1.82, 2.24) is 5.32 Å². The molecule has 2 N–H and O–H groups in total. The van der Waals surface area contributed by atoms with Gasteiger partial charge < -0.3 is 10.4 Å². The highest BCUT2D eigenvalue weighted by Gasteiger charge is 2.32. The molecule has 2 aliphatic rings. The Labute approximate surface area is 117 Å². The van der Waals surface area contributed by atoms with Gasteiger partial charge in [0.05, 0.1) is 5.60 Å². The molecule has 2 aliphatic carbocycles. The molecule has 0 bridgehead atoms. The standard InChI is InChI=1S/C16H29NO2/c1-13-8-10-16(19,11-9-13)12-17-15(18)7-6-14-4-2-3-5-14/h13-14,19H,2-12H2,1H3,(H,17,18). The van der Waals surface area contributed by atoms with Crippen LogP contribution in [0, 0.1) is 11.8 Å². The predicted molar refractivity (Wildman–Crippen MR) is 76.8 cm³/mol. The van der Waals surface area contributed by atoms with Crippen molar-refractivity contribution in [3.63, 3.8) is 0 Å². The Morgan fingerprint density at radius 1 is 1.21 bits per heavy atom. The lowest BCUT2D eigenvalue weighted by molar-refractivity contribution is -0.123. The van der Waals surface area contributed by atoms with Crippen LogP contribution >= 0.6 is 0 Å². The second-order valence-corrected chi connectivity index (χ2v) is 6.87. The average molecular weight is 267 g/mol. The van der Waals surface area contributed by atoms with Crippen molar-refractivity contribution in [3.8, 4) is 0 Å².